The molecule has 2 unspecified atom stereocenters. The summed E-state index contributed by atoms with van der Waals surface area (Å²) in [5.41, 5.74) is 0.393. The fraction of sp³-hybridized carbons (Fsp3) is 1.00. The van der Waals surface area contributed by atoms with Crippen molar-refractivity contribution >= 4 is 10.0 Å². The predicted molar refractivity (Wildman–Crippen MR) is 80.7 cm³/mol. The lowest BCUT2D eigenvalue weighted by molar-refractivity contribution is 0.213. The molecule has 0 radical (unpaired) electrons. The van der Waals surface area contributed by atoms with Gasteiger partial charge in [-0.05, 0) is 44.1 Å². The van der Waals surface area contributed by atoms with Crippen LogP contribution in [0.1, 0.15) is 52.9 Å². The molecule has 0 aromatic rings. The van der Waals surface area contributed by atoms with Crippen LogP contribution in [0.4, 0.5) is 0 Å². The molecule has 114 valence electrons. The Morgan fingerprint density at radius 2 is 1.79 bits per heavy atom. The van der Waals surface area contributed by atoms with Gasteiger partial charge in [-0.25, -0.2) is 13.1 Å². The maximum Gasteiger partial charge on any atom is 0.212 e. The molecule has 5 heteroatoms. The van der Waals surface area contributed by atoms with Crippen molar-refractivity contribution in [2.24, 2.45) is 11.3 Å². The van der Waals surface area contributed by atoms with E-state index < -0.39 is 10.0 Å². The van der Waals surface area contributed by atoms with Crippen molar-refractivity contribution in [3.63, 3.8) is 0 Å². The summed E-state index contributed by atoms with van der Waals surface area (Å²) in [6.07, 6.45) is 6.14. The van der Waals surface area contributed by atoms with Gasteiger partial charge in [0.25, 0.3) is 0 Å². The summed E-state index contributed by atoms with van der Waals surface area (Å²) in [7, 11) is -1.61. The minimum atomic E-state index is -3.08. The van der Waals surface area contributed by atoms with Gasteiger partial charge in [-0.15, -0.1) is 0 Å². The molecular weight excluding hydrogens is 260 g/mol. The summed E-state index contributed by atoms with van der Waals surface area (Å²) in [6, 6.07) is 0.486. The van der Waals surface area contributed by atoms with E-state index in [1.807, 2.05) is 0 Å². The molecule has 0 bridgehead atoms. The molecule has 19 heavy (non-hydrogen) atoms. The normalized spacial score (nSPS) is 26.1. The minimum Gasteiger partial charge on any atom is -0.313 e. The van der Waals surface area contributed by atoms with E-state index in [1.54, 1.807) is 0 Å². The highest BCUT2D eigenvalue weighted by Crippen LogP contribution is 2.36. The van der Waals surface area contributed by atoms with Gasteiger partial charge < -0.3 is 5.32 Å². The molecule has 1 aliphatic rings. The first-order valence-corrected chi connectivity index (χ1v) is 9.04. The second-order valence-electron chi connectivity index (χ2n) is 6.75. The van der Waals surface area contributed by atoms with Crippen molar-refractivity contribution in [3.05, 3.63) is 0 Å². The highest BCUT2D eigenvalue weighted by Gasteiger charge is 2.27. The van der Waals surface area contributed by atoms with E-state index in [0.29, 0.717) is 18.0 Å². The Morgan fingerprint density at radius 3 is 2.37 bits per heavy atom. The predicted octanol–water partition coefficient (Wildman–Crippen LogP) is 2.12. The van der Waals surface area contributed by atoms with Gasteiger partial charge in [0.05, 0.1) is 5.75 Å². The number of hydrogen-bond acceptors (Lipinski definition) is 3. The van der Waals surface area contributed by atoms with Gasteiger partial charge in [-0.3, -0.25) is 0 Å². The Kier molecular flexibility index (Phi) is 6.27. The van der Waals surface area contributed by atoms with Gasteiger partial charge in [0, 0.05) is 12.6 Å². The molecule has 0 heterocycles. The van der Waals surface area contributed by atoms with E-state index in [1.165, 1.54) is 39.2 Å². The molecule has 1 fully saturated rings. The third kappa shape index (κ3) is 6.23. The number of sulfonamides is 1. The first kappa shape index (κ1) is 16.9. The third-order valence-electron chi connectivity index (χ3n) is 4.31. The smallest absolute Gasteiger partial charge is 0.212 e. The summed E-state index contributed by atoms with van der Waals surface area (Å²) in [6.45, 7) is 7.52. The fourth-order valence-corrected chi connectivity index (χ4v) is 3.46. The van der Waals surface area contributed by atoms with Crippen LogP contribution in [0.15, 0.2) is 0 Å². The number of hydrogen-bond donors (Lipinski definition) is 2. The highest BCUT2D eigenvalue weighted by molar-refractivity contribution is 7.89. The van der Waals surface area contributed by atoms with E-state index in [0.717, 1.165) is 5.92 Å². The zero-order chi connectivity index (χ0) is 14.5. The average Bonchev–Trinajstić information content (AvgIpc) is 2.54. The molecule has 0 aliphatic heterocycles. The van der Waals surface area contributed by atoms with E-state index in [2.05, 4.69) is 30.8 Å². The van der Waals surface area contributed by atoms with Crippen LogP contribution < -0.4 is 10.0 Å². The molecule has 1 rings (SSSR count). The van der Waals surface area contributed by atoms with Gasteiger partial charge in [0.2, 0.25) is 10.0 Å². The maximum atomic E-state index is 11.3. The largest absolute Gasteiger partial charge is 0.313 e. The van der Waals surface area contributed by atoms with Crippen LogP contribution in [0.2, 0.25) is 0 Å². The SMILES string of the molecule is CNS(=O)(=O)CCNC1CCCC(C(C)(C)C)CC1. The lowest BCUT2D eigenvalue weighted by Gasteiger charge is -2.29. The Bertz CT molecular complexity index is 360. The topological polar surface area (TPSA) is 58.2 Å². The number of rotatable bonds is 5. The highest BCUT2D eigenvalue weighted by atomic mass is 32.2. The lowest BCUT2D eigenvalue weighted by atomic mass is 9.76. The van der Waals surface area contributed by atoms with Crippen LogP contribution in [0.25, 0.3) is 0 Å². The Hall–Kier alpha value is -0.130. The summed E-state index contributed by atoms with van der Waals surface area (Å²) in [5.74, 6) is 0.961. The third-order valence-corrected chi connectivity index (χ3v) is 5.67. The standard InChI is InChI=1S/C14H30N2O2S/c1-14(2,3)12-6-5-7-13(9-8-12)16-10-11-19(17,18)15-4/h12-13,15-16H,5-11H2,1-4H3. The lowest BCUT2D eigenvalue weighted by Crippen LogP contribution is -2.35. The summed E-state index contributed by atoms with van der Waals surface area (Å²) >= 11 is 0. The fourth-order valence-electron chi connectivity index (χ4n) is 2.87. The van der Waals surface area contributed by atoms with Crippen LogP contribution in [-0.2, 0) is 10.0 Å². The first-order valence-electron chi connectivity index (χ1n) is 7.39. The number of nitrogens with one attached hydrogen (secondary N) is 2. The van der Waals surface area contributed by atoms with Crippen LogP contribution in [0.3, 0.4) is 0 Å². The molecule has 0 aromatic heterocycles. The van der Waals surface area contributed by atoms with Crippen molar-refractivity contribution in [2.75, 3.05) is 19.3 Å². The van der Waals surface area contributed by atoms with Crippen LogP contribution >= 0.6 is 0 Å². The molecule has 1 aliphatic carbocycles. The van der Waals surface area contributed by atoms with Crippen molar-refractivity contribution in [1.29, 1.82) is 0 Å². The van der Waals surface area contributed by atoms with Gasteiger partial charge in [0.1, 0.15) is 0 Å². The second-order valence-corrected chi connectivity index (χ2v) is 8.79. The van der Waals surface area contributed by atoms with E-state index in [-0.39, 0.29) is 5.75 Å². The molecule has 0 saturated heterocycles. The zero-order valence-electron chi connectivity index (χ0n) is 12.8. The minimum absolute atomic E-state index is 0.169. The van der Waals surface area contributed by atoms with Crippen LogP contribution in [0, 0.1) is 11.3 Å². The Morgan fingerprint density at radius 1 is 1.11 bits per heavy atom. The van der Waals surface area contributed by atoms with E-state index >= 15 is 0 Å². The molecule has 0 amide bonds. The van der Waals surface area contributed by atoms with Crippen molar-refractivity contribution in [3.8, 4) is 0 Å². The molecule has 0 spiro atoms. The molecule has 4 nitrogen and oxygen atoms in total. The van der Waals surface area contributed by atoms with Gasteiger partial charge in [0.15, 0.2) is 0 Å². The second kappa shape index (κ2) is 7.04. The van der Waals surface area contributed by atoms with Gasteiger partial charge >= 0.3 is 0 Å². The van der Waals surface area contributed by atoms with Crippen molar-refractivity contribution in [2.45, 2.75) is 58.9 Å². The Balaban J connectivity index is 2.34. The molecule has 2 atom stereocenters. The Labute approximate surface area is 118 Å². The molecule has 2 N–H and O–H groups in total. The molecule has 0 aromatic carbocycles. The van der Waals surface area contributed by atoms with E-state index in [4.69, 9.17) is 0 Å². The van der Waals surface area contributed by atoms with Crippen LogP contribution in [-0.4, -0.2) is 33.8 Å². The van der Waals surface area contributed by atoms with E-state index in [9.17, 15) is 8.42 Å². The average molecular weight is 290 g/mol. The van der Waals surface area contributed by atoms with Crippen LogP contribution in [0.5, 0.6) is 0 Å². The molecular formula is C14H30N2O2S. The maximum absolute atomic E-state index is 11.3. The zero-order valence-corrected chi connectivity index (χ0v) is 13.6. The summed E-state index contributed by atoms with van der Waals surface area (Å²) in [4.78, 5) is 0. The monoisotopic (exact) mass is 290 g/mol. The first-order chi connectivity index (χ1) is 8.74. The summed E-state index contributed by atoms with van der Waals surface area (Å²) in [5, 5.41) is 3.40. The van der Waals surface area contributed by atoms with Crippen molar-refractivity contribution < 1.29 is 8.42 Å². The van der Waals surface area contributed by atoms with Gasteiger partial charge in [-0.2, -0.15) is 0 Å². The van der Waals surface area contributed by atoms with Crippen molar-refractivity contribution in [1.82, 2.24) is 10.0 Å². The summed E-state index contributed by atoms with van der Waals surface area (Å²) < 4.78 is 25.0. The van der Waals surface area contributed by atoms with Gasteiger partial charge in [-0.1, -0.05) is 27.2 Å². The molecule has 1 saturated carbocycles. The quantitative estimate of drug-likeness (QED) is 0.763.